The van der Waals surface area contributed by atoms with Crippen LogP contribution >= 0.6 is 0 Å². The summed E-state index contributed by atoms with van der Waals surface area (Å²) in [6, 6.07) is 20.5. The second-order valence-electron chi connectivity index (χ2n) is 4.88. The maximum atomic E-state index is 5.99. The van der Waals surface area contributed by atoms with Gasteiger partial charge in [-0.2, -0.15) is 0 Å². The van der Waals surface area contributed by atoms with E-state index in [0.717, 1.165) is 5.56 Å². The van der Waals surface area contributed by atoms with Crippen molar-refractivity contribution in [2.24, 2.45) is 10.7 Å². The van der Waals surface area contributed by atoms with Crippen LogP contribution in [-0.4, -0.2) is 5.96 Å². The van der Waals surface area contributed by atoms with E-state index in [1.54, 1.807) is 0 Å². The Balaban J connectivity index is 2.01. The number of guanidine groups is 1. The fourth-order valence-electron chi connectivity index (χ4n) is 2.10. The van der Waals surface area contributed by atoms with E-state index >= 15 is 0 Å². The molecule has 2 rings (SSSR count). The van der Waals surface area contributed by atoms with Gasteiger partial charge in [0.1, 0.15) is 0 Å². The van der Waals surface area contributed by atoms with Gasteiger partial charge in [0.15, 0.2) is 5.96 Å². The lowest BCUT2D eigenvalue weighted by Crippen LogP contribution is -2.34. The van der Waals surface area contributed by atoms with Crippen LogP contribution in [0, 0.1) is 0 Å². The standard InChI is InChI=1S/C17H21N3/c1-13(15-9-5-3-6-10-15)19-17(18)20-14(2)16-11-7-4-8-12-16/h3-14H,1-2H3,(H3,18,19,20)/t13-,14?/m0/s1. The molecule has 0 heterocycles. The van der Waals surface area contributed by atoms with E-state index in [2.05, 4.69) is 41.5 Å². The molecule has 0 amide bonds. The molecule has 0 aromatic heterocycles. The first-order valence-corrected chi connectivity index (χ1v) is 6.86. The van der Waals surface area contributed by atoms with Crippen molar-refractivity contribution >= 4 is 5.96 Å². The van der Waals surface area contributed by atoms with Crippen molar-refractivity contribution < 1.29 is 0 Å². The Labute approximate surface area is 120 Å². The first-order valence-electron chi connectivity index (χ1n) is 6.86. The molecular formula is C17H21N3. The topological polar surface area (TPSA) is 50.4 Å². The molecule has 0 saturated heterocycles. The zero-order valence-corrected chi connectivity index (χ0v) is 12.0. The van der Waals surface area contributed by atoms with E-state index in [9.17, 15) is 0 Å². The minimum atomic E-state index is 0.0478. The highest BCUT2D eigenvalue weighted by molar-refractivity contribution is 5.78. The van der Waals surface area contributed by atoms with Gasteiger partial charge < -0.3 is 11.1 Å². The number of hydrogen-bond donors (Lipinski definition) is 2. The van der Waals surface area contributed by atoms with E-state index in [4.69, 9.17) is 5.73 Å². The molecule has 0 aliphatic carbocycles. The summed E-state index contributed by atoms with van der Waals surface area (Å²) in [5, 5.41) is 3.22. The zero-order valence-electron chi connectivity index (χ0n) is 12.0. The number of hydrogen-bond acceptors (Lipinski definition) is 1. The maximum Gasteiger partial charge on any atom is 0.189 e. The van der Waals surface area contributed by atoms with Crippen molar-refractivity contribution in [2.75, 3.05) is 0 Å². The van der Waals surface area contributed by atoms with Crippen LogP contribution in [0.4, 0.5) is 0 Å². The second-order valence-corrected chi connectivity index (χ2v) is 4.88. The lowest BCUT2D eigenvalue weighted by Gasteiger charge is -2.16. The van der Waals surface area contributed by atoms with Crippen LogP contribution in [0.1, 0.15) is 37.1 Å². The molecule has 3 heteroatoms. The van der Waals surface area contributed by atoms with Gasteiger partial charge in [0.05, 0.1) is 12.1 Å². The van der Waals surface area contributed by atoms with Crippen LogP contribution in [0.2, 0.25) is 0 Å². The predicted octanol–water partition coefficient (Wildman–Crippen LogP) is 3.41. The Morgan fingerprint density at radius 3 is 1.95 bits per heavy atom. The average molecular weight is 267 g/mol. The van der Waals surface area contributed by atoms with Crippen LogP contribution in [0.25, 0.3) is 0 Å². The molecule has 2 aromatic rings. The lowest BCUT2D eigenvalue weighted by atomic mass is 10.1. The molecule has 1 unspecified atom stereocenters. The fraction of sp³-hybridized carbons (Fsp3) is 0.235. The first kappa shape index (κ1) is 14.1. The van der Waals surface area contributed by atoms with E-state index in [0.29, 0.717) is 5.96 Å². The molecule has 3 N–H and O–H groups in total. The van der Waals surface area contributed by atoms with E-state index < -0.39 is 0 Å². The number of rotatable bonds is 4. The number of nitrogens with zero attached hydrogens (tertiary/aromatic N) is 1. The van der Waals surface area contributed by atoms with Crippen LogP contribution < -0.4 is 11.1 Å². The fourth-order valence-corrected chi connectivity index (χ4v) is 2.10. The molecule has 3 nitrogen and oxygen atoms in total. The van der Waals surface area contributed by atoms with Gasteiger partial charge in [-0.25, -0.2) is 4.99 Å². The van der Waals surface area contributed by atoms with Gasteiger partial charge >= 0.3 is 0 Å². The van der Waals surface area contributed by atoms with Crippen molar-refractivity contribution in [3.63, 3.8) is 0 Å². The quantitative estimate of drug-likeness (QED) is 0.659. The van der Waals surface area contributed by atoms with Crippen LogP contribution in [0.15, 0.2) is 65.7 Å². The van der Waals surface area contributed by atoms with E-state index in [-0.39, 0.29) is 12.1 Å². The highest BCUT2D eigenvalue weighted by Crippen LogP contribution is 2.16. The highest BCUT2D eigenvalue weighted by Gasteiger charge is 2.07. The first-order chi connectivity index (χ1) is 9.66. The van der Waals surface area contributed by atoms with Gasteiger partial charge in [-0.1, -0.05) is 60.7 Å². The lowest BCUT2D eigenvalue weighted by molar-refractivity contribution is 0.697. The largest absolute Gasteiger partial charge is 0.370 e. The molecule has 2 aromatic carbocycles. The van der Waals surface area contributed by atoms with Gasteiger partial charge in [0, 0.05) is 0 Å². The van der Waals surface area contributed by atoms with Gasteiger partial charge in [0.2, 0.25) is 0 Å². The Kier molecular flexibility index (Phi) is 4.77. The van der Waals surface area contributed by atoms with E-state index in [1.165, 1.54) is 5.56 Å². The average Bonchev–Trinajstić information content (AvgIpc) is 2.49. The van der Waals surface area contributed by atoms with Crippen molar-refractivity contribution in [1.82, 2.24) is 5.32 Å². The number of aliphatic imine (C=N–C) groups is 1. The van der Waals surface area contributed by atoms with Gasteiger partial charge in [-0.05, 0) is 25.0 Å². The molecule has 2 atom stereocenters. The molecule has 0 aliphatic heterocycles. The van der Waals surface area contributed by atoms with Crippen molar-refractivity contribution in [3.05, 3.63) is 71.8 Å². The third-order valence-electron chi connectivity index (χ3n) is 3.28. The summed E-state index contributed by atoms with van der Waals surface area (Å²) in [5.41, 5.74) is 8.34. The summed E-state index contributed by atoms with van der Waals surface area (Å²) in [6.07, 6.45) is 0. The van der Waals surface area contributed by atoms with Crippen molar-refractivity contribution in [1.29, 1.82) is 0 Å². The monoisotopic (exact) mass is 267 g/mol. The summed E-state index contributed by atoms with van der Waals surface area (Å²) in [7, 11) is 0. The van der Waals surface area contributed by atoms with Gasteiger partial charge in [0.25, 0.3) is 0 Å². The molecule has 0 saturated carbocycles. The van der Waals surface area contributed by atoms with Crippen molar-refractivity contribution in [3.8, 4) is 0 Å². The molecule has 104 valence electrons. The maximum absolute atomic E-state index is 5.99. The summed E-state index contributed by atoms with van der Waals surface area (Å²) in [4.78, 5) is 4.50. The van der Waals surface area contributed by atoms with Crippen molar-refractivity contribution in [2.45, 2.75) is 25.9 Å². The third-order valence-corrected chi connectivity index (χ3v) is 3.28. The van der Waals surface area contributed by atoms with Crippen LogP contribution in [0.5, 0.6) is 0 Å². The molecular weight excluding hydrogens is 246 g/mol. The molecule has 0 bridgehead atoms. The van der Waals surface area contributed by atoms with Gasteiger partial charge in [-0.3, -0.25) is 0 Å². The normalized spacial score (nSPS) is 14.6. The Morgan fingerprint density at radius 2 is 1.40 bits per heavy atom. The summed E-state index contributed by atoms with van der Waals surface area (Å²) in [6.45, 7) is 4.11. The number of nitrogens with two attached hydrogens (primary N) is 1. The summed E-state index contributed by atoms with van der Waals surface area (Å²) >= 11 is 0. The van der Waals surface area contributed by atoms with Gasteiger partial charge in [-0.15, -0.1) is 0 Å². The minimum absolute atomic E-state index is 0.0478. The Morgan fingerprint density at radius 1 is 0.900 bits per heavy atom. The Hall–Kier alpha value is -2.29. The smallest absolute Gasteiger partial charge is 0.189 e. The van der Waals surface area contributed by atoms with Crippen LogP contribution in [-0.2, 0) is 0 Å². The van der Waals surface area contributed by atoms with Crippen LogP contribution in [0.3, 0.4) is 0 Å². The minimum Gasteiger partial charge on any atom is -0.370 e. The SMILES string of the molecule is CC(N=C(N)N[C@@H](C)c1ccccc1)c1ccccc1. The molecule has 0 radical (unpaired) electrons. The molecule has 20 heavy (non-hydrogen) atoms. The molecule has 0 aliphatic rings. The Bertz CT molecular complexity index is 549. The number of benzene rings is 2. The molecule has 0 fully saturated rings. The predicted molar refractivity (Wildman–Crippen MR) is 84.5 cm³/mol. The summed E-state index contributed by atoms with van der Waals surface area (Å²) in [5.74, 6) is 0.470. The number of nitrogens with one attached hydrogen (secondary N) is 1. The molecule has 0 spiro atoms. The third kappa shape index (κ3) is 3.85. The summed E-state index contributed by atoms with van der Waals surface area (Å²) < 4.78 is 0. The zero-order chi connectivity index (χ0) is 14.4. The second kappa shape index (κ2) is 6.75. The van der Waals surface area contributed by atoms with E-state index in [1.807, 2.05) is 43.3 Å². The highest BCUT2D eigenvalue weighted by atomic mass is 15.1.